The highest BCUT2D eigenvalue weighted by Crippen LogP contribution is 2.18. The van der Waals surface area contributed by atoms with Gasteiger partial charge in [-0.3, -0.25) is 9.59 Å². The summed E-state index contributed by atoms with van der Waals surface area (Å²) in [5.41, 5.74) is 5.91. The van der Waals surface area contributed by atoms with E-state index in [1.165, 1.54) is 6.07 Å². The van der Waals surface area contributed by atoms with Crippen molar-refractivity contribution in [2.24, 2.45) is 5.73 Å². The lowest BCUT2D eigenvalue weighted by atomic mass is 10.1. The molecule has 1 aromatic heterocycles. The van der Waals surface area contributed by atoms with Crippen LogP contribution in [0, 0.1) is 0 Å². The molecule has 0 fully saturated rings. The molecule has 0 saturated heterocycles. The van der Waals surface area contributed by atoms with Gasteiger partial charge in [-0.1, -0.05) is 23.7 Å². The Morgan fingerprint density at radius 3 is 2.29 bits per heavy atom. The highest BCUT2D eigenvalue weighted by atomic mass is 35.5. The number of hydrogen-bond acceptors (Lipinski definition) is 2. The number of nitrogens with two attached hydrogens (primary N) is 1. The first kappa shape index (κ1) is 11.4. The van der Waals surface area contributed by atoms with Gasteiger partial charge < -0.3 is 10.7 Å². The lowest BCUT2D eigenvalue weighted by Gasteiger charge is -2.02. The normalized spacial score (nSPS) is 10.2. The van der Waals surface area contributed by atoms with E-state index < -0.39 is 11.5 Å². The molecule has 3 N–H and O–H groups in total. The van der Waals surface area contributed by atoms with Crippen LogP contribution >= 0.6 is 11.6 Å². The Bertz CT molecular complexity index is 617. The van der Waals surface area contributed by atoms with Crippen LogP contribution in [0.3, 0.4) is 0 Å². The van der Waals surface area contributed by atoms with Gasteiger partial charge >= 0.3 is 0 Å². The fourth-order valence-corrected chi connectivity index (χ4v) is 1.59. The van der Waals surface area contributed by atoms with Gasteiger partial charge in [-0.15, -0.1) is 0 Å². The minimum atomic E-state index is -0.742. The van der Waals surface area contributed by atoms with Crippen LogP contribution in [0.25, 0.3) is 11.3 Å². The van der Waals surface area contributed by atoms with E-state index in [0.29, 0.717) is 10.7 Å². The molecule has 2 aromatic rings. The summed E-state index contributed by atoms with van der Waals surface area (Å²) < 4.78 is 0. The quantitative estimate of drug-likeness (QED) is 0.850. The molecule has 1 amide bonds. The van der Waals surface area contributed by atoms with Gasteiger partial charge in [0.15, 0.2) is 0 Å². The van der Waals surface area contributed by atoms with Crippen LogP contribution in [-0.4, -0.2) is 10.9 Å². The zero-order valence-corrected chi connectivity index (χ0v) is 9.49. The number of H-pyrrole nitrogens is 1. The third-order valence-corrected chi connectivity index (χ3v) is 2.58. The Hall–Kier alpha value is -2.07. The van der Waals surface area contributed by atoms with Crippen LogP contribution in [-0.2, 0) is 0 Å². The molecular formula is C12H9ClN2O2. The monoisotopic (exact) mass is 248 g/mol. The van der Waals surface area contributed by atoms with Crippen molar-refractivity contribution in [3.8, 4) is 11.3 Å². The predicted octanol–water partition coefficient (Wildman–Crippen LogP) is 1.79. The molecule has 0 saturated carbocycles. The van der Waals surface area contributed by atoms with E-state index in [4.69, 9.17) is 17.3 Å². The predicted molar refractivity (Wildman–Crippen MR) is 66.0 cm³/mol. The standard InChI is InChI=1S/C12H9ClN2O2/c13-8-3-1-7(2-4-8)10-6-5-9(11(14)16)12(17)15-10/h1-6H,(H2,14,16)(H,15,17). The summed E-state index contributed by atoms with van der Waals surface area (Å²) in [7, 11) is 0. The zero-order chi connectivity index (χ0) is 12.4. The number of carbonyl (C=O) groups excluding carboxylic acids is 1. The van der Waals surface area contributed by atoms with Crippen LogP contribution in [0.15, 0.2) is 41.2 Å². The van der Waals surface area contributed by atoms with Crippen molar-refractivity contribution in [3.05, 3.63) is 57.3 Å². The SMILES string of the molecule is NC(=O)c1ccc(-c2ccc(Cl)cc2)[nH]c1=O. The second-order valence-corrected chi connectivity index (χ2v) is 3.92. The Kier molecular flexibility index (Phi) is 2.97. The average Bonchev–Trinajstić information content (AvgIpc) is 2.29. The van der Waals surface area contributed by atoms with Gasteiger partial charge in [0.2, 0.25) is 0 Å². The summed E-state index contributed by atoms with van der Waals surface area (Å²) in [5, 5.41) is 0.616. The van der Waals surface area contributed by atoms with Crippen LogP contribution in [0.5, 0.6) is 0 Å². The number of benzene rings is 1. The number of aromatic nitrogens is 1. The minimum Gasteiger partial charge on any atom is -0.365 e. The number of halogens is 1. The largest absolute Gasteiger partial charge is 0.365 e. The van der Waals surface area contributed by atoms with Gasteiger partial charge in [0.1, 0.15) is 5.56 Å². The highest BCUT2D eigenvalue weighted by molar-refractivity contribution is 6.30. The number of pyridine rings is 1. The Labute approximate surface area is 102 Å². The van der Waals surface area contributed by atoms with Gasteiger partial charge in [-0.2, -0.15) is 0 Å². The third-order valence-electron chi connectivity index (χ3n) is 2.33. The second-order valence-electron chi connectivity index (χ2n) is 3.49. The fourth-order valence-electron chi connectivity index (χ4n) is 1.47. The fraction of sp³-hybridized carbons (Fsp3) is 0. The molecule has 4 nitrogen and oxygen atoms in total. The number of carbonyl (C=O) groups is 1. The number of primary amides is 1. The van der Waals surface area contributed by atoms with Crippen LogP contribution < -0.4 is 11.3 Å². The Morgan fingerprint density at radius 1 is 1.12 bits per heavy atom. The van der Waals surface area contributed by atoms with Crippen molar-refractivity contribution in [2.45, 2.75) is 0 Å². The maximum atomic E-state index is 11.5. The van der Waals surface area contributed by atoms with Crippen molar-refractivity contribution in [1.82, 2.24) is 4.98 Å². The highest BCUT2D eigenvalue weighted by Gasteiger charge is 2.07. The topological polar surface area (TPSA) is 76.0 Å². The van der Waals surface area contributed by atoms with Gasteiger partial charge in [0.05, 0.1) is 0 Å². The molecule has 0 radical (unpaired) electrons. The van der Waals surface area contributed by atoms with Gasteiger partial charge in [0, 0.05) is 10.7 Å². The van der Waals surface area contributed by atoms with Crippen LogP contribution in [0.2, 0.25) is 5.02 Å². The molecule has 0 aliphatic rings. The van der Waals surface area contributed by atoms with E-state index in [1.54, 1.807) is 30.3 Å². The lowest BCUT2D eigenvalue weighted by Crippen LogP contribution is -2.23. The first-order chi connectivity index (χ1) is 8.08. The van der Waals surface area contributed by atoms with E-state index in [0.717, 1.165) is 5.56 Å². The summed E-state index contributed by atoms with van der Waals surface area (Å²) in [4.78, 5) is 25.0. The van der Waals surface area contributed by atoms with E-state index in [9.17, 15) is 9.59 Å². The van der Waals surface area contributed by atoms with Crippen molar-refractivity contribution < 1.29 is 4.79 Å². The summed E-state index contributed by atoms with van der Waals surface area (Å²) in [6, 6.07) is 10.0. The van der Waals surface area contributed by atoms with E-state index in [2.05, 4.69) is 4.98 Å². The van der Waals surface area contributed by atoms with Crippen molar-refractivity contribution >= 4 is 17.5 Å². The van der Waals surface area contributed by atoms with Gasteiger partial charge in [-0.05, 0) is 29.8 Å². The smallest absolute Gasteiger partial charge is 0.261 e. The van der Waals surface area contributed by atoms with E-state index >= 15 is 0 Å². The molecule has 0 unspecified atom stereocenters. The molecule has 0 atom stereocenters. The summed E-state index contributed by atoms with van der Waals surface area (Å²) >= 11 is 5.76. The van der Waals surface area contributed by atoms with Crippen molar-refractivity contribution in [2.75, 3.05) is 0 Å². The molecule has 2 rings (SSSR count). The molecular weight excluding hydrogens is 240 g/mol. The molecule has 17 heavy (non-hydrogen) atoms. The van der Waals surface area contributed by atoms with Crippen LogP contribution in [0.1, 0.15) is 10.4 Å². The maximum absolute atomic E-state index is 11.5. The first-order valence-electron chi connectivity index (χ1n) is 4.87. The van der Waals surface area contributed by atoms with Crippen molar-refractivity contribution in [3.63, 3.8) is 0 Å². The van der Waals surface area contributed by atoms with Crippen molar-refractivity contribution in [1.29, 1.82) is 0 Å². The van der Waals surface area contributed by atoms with Gasteiger partial charge in [0.25, 0.3) is 11.5 Å². The van der Waals surface area contributed by atoms with E-state index in [1.807, 2.05) is 0 Å². The lowest BCUT2D eigenvalue weighted by molar-refractivity contribution is 0.0999. The number of hydrogen-bond donors (Lipinski definition) is 2. The Morgan fingerprint density at radius 2 is 1.76 bits per heavy atom. The number of aromatic amines is 1. The van der Waals surface area contributed by atoms with Crippen LogP contribution in [0.4, 0.5) is 0 Å². The molecule has 0 spiro atoms. The summed E-state index contributed by atoms with van der Waals surface area (Å²) in [5.74, 6) is -0.742. The zero-order valence-electron chi connectivity index (χ0n) is 8.74. The molecule has 1 aromatic carbocycles. The molecule has 86 valence electrons. The molecule has 0 aliphatic carbocycles. The summed E-state index contributed by atoms with van der Waals surface area (Å²) in [6.45, 7) is 0. The summed E-state index contributed by atoms with van der Waals surface area (Å²) in [6.07, 6.45) is 0. The molecule has 1 heterocycles. The molecule has 0 aliphatic heterocycles. The number of amides is 1. The second kappa shape index (κ2) is 4.43. The van der Waals surface area contributed by atoms with E-state index in [-0.39, 0.29) is 5.56 Å². The maximum Gasteiger partial charge on any atom is 0.261 e. The average molecular weight is 249 g/mol. The minimum absolute atomic E-state index is 0.0530. The number of nitrogens with one attached hydrogen (secondary N) is 1. The molecule has 0 bridgehead atoms. The third kappa shape index (κ3) is 2.37. The number of rotatable bonds is 2. The van der Waals surface area contributed by atoms with Gasteiger partial charge in [-0.25, -0.2) is 0 Å². The molecule has 5 heteroatoms. The first-order valence-corrected chi connectivity index (χ1v) is 5.25. The Balaban J connectivity index is 2.48.